The van der Waals surface area contributed by atoms with Crippen molar-refractivity contribution in [3.8, 4) is 45.6 Å². The van der Waals surface area contributed by atoms with E-state index in [9.17, 15) is 40.2 Å². The summed E-state index contributed by atoms with van der Waals surface area (Å²) in [7, 11) is 0. The van der Waals surface area contributed by atoms with E-state index >= 15 is 0 Å². The maximum absolute atomic E-state index is 13.2. The normalized spacial score (nSPS) is 11.1. The second-order valence-corrected chi connectivity index (χ2v) is 12.7. The summed E-state index contributed by atoms with van der Waals surface area (Å²) in [6.07, 6.45) is 21.7. The molecule has 0 saturated heterocycles. The number of aromatic hydroxyl groups is 6. The summed E-state index contributed by atoms with van der Waals surface area (Å²) in [5.41, 5.74) is -2.09. The highest BCUT2D eigenvalue weighted by Gasteiger charge is 2.32. The molecule has 0 heterocycles. The van der Waals surface area contributed by atoms with Gasteiger partial charge in [0.15, 0.2) is 23.0 Å². The number of carbonyl (C=O) groups excluding carboxylic acids is 2. The monoisotopic (exact) mass is 674 g/mol. The quantitative estimate of drug-likeness (QED) is 0.0338. The Labute approximate surface area is 285 Å². The van der Waals surface area contributed by atoms with E-state index in [-0.39, 0.29) is 13.2 Å². The van der Waals surface area contributed by atoms with Gasteiger partial charge in [0, 0.05) is 11.1 Å². The van der Waals surface area contributed by atoms with Crippen LogP contribution >= 0.6 is 0 Å². The molecule has 0 aliphatic rings. The average Bonchev–Trinajstić information content (AvgIpc) is 3.07. The van der Waals surface area contributed by atoms with Gasteiger partial charge < -0.3 is 40.1 Å². The van der Waals surface area contributed by atoms with Crippen molar-refractivity contribution in [1.29, 1.82) is 0 Å². The molecule has 2 rings (SSSR count). The van der Waals surface area contributed by atoms with Crippen LogP contribution in [0.4, 0.5) is 0 Å². The molecule has 0 radical (unpaired) electrons. The molecule has 0 aliphatic carbocycles. The van der Waals surface area contributed by atoms with Gasteiger partial charge in [-0.2, -0.15) is 0 Å². The van der Waals surface area contributed by atoms with Crippen molar-refractivity contribution in [2.45, 2.75) is 142 Å². The van der Waals surface area contributed by atoms with Crippen molar-refractivity contribution < 1.29 is 49.7 Å². The van der Waals surface area contributed by atoms with E-state index in [0.717, 1.165) is 63.5 Å². The minimum atomic E-state index is -1.04. The molecule has 0 fully saturated rings. The molecule has 10 heteroatoms. The van der Waals surface area contributed by atoms with Gasteiger partial charge in [-0.05, 0) is 25.0 Å². The van der Waals surface area contributed by atoms with E-state index < -0.39 is 68.7 Å². The molecule has 270 valence electrons. The Bertz CT molecular complexity index is 1180. The first-order valence-electron chi connectivity index (χ1n) is 18.1. The molecule has 48 heavy (non-hydrogen) atoms. The Morgan fingerprint density at radius 2 is 0.708 bits per heavy atom. The van der Waals surface area contributed by atoms with E-state index in [1.54, 1.807) is 0 Å². The standard InChI is InChI=1S/C38H58O10/c1-3-5-7-9-11-13-15-17-19-21-23-47-37(45)27-25-29(39)33(41)35(43)31(27)32-28(26-30(40)34(42)36(32)44)38(46)48-24-22-20-18-16-14-12-10-8-6-4-2/h25-26,39-44H,3-24H2,1-2H3. The van der Waals surface area contributed by atoms with Crippen LogP contribution in [-0.4, -0.2) is 55.8 Å². The SMILES string of the molecule is CCCCCCCCCCCCOC(=O)c1cc(O)c(O)c(O)c1-c1c(C(=O)OCCCCCCCCCCCC)cc(O)c(O)c1O. The molecule has 0 spiro atoms. The fraction of sp³-hybridized carbons (Fsp3) is 0.632. The van der Waals surface area contributed by atoms with Gasteiger partial charge in [0.05, 0.1) is 24.3 Å². The number of benzene rings is 2. The van der Waals surface area contributed by atoms with Gasteiger partial charge in [-0.15, -0.1) is 0 Å². The number of unbranched alkanes of at least 4 members (excludes halogenated alkanes) is 18. The van der Waals surface area contributed by atoms with Crippen molar-refractivity contribution >= 4 is 11.9 Å². The average molecular weight is 675 g/mol. The molecular formula is C38H58O10. The van der Waals surface area contributed by atoms with Crippen molar-refractivity contribution in [2.24, 2.45) is 0 Å². The first-order valence-corrected chi connectivity index (χ1v) is 18.1. The summed E-state index contributed by atoms with van der Waals surface area (Å²) in [5, 5.41) is 62.8. The molecular weight excluding hydrogens is 616 g/mol. The lowest BCUT2D eigenvalue weighted by Gasteiger charge is -2.18. The Balaban J connectivity index is 2.09. The number of phenolic OH excluding ortho intramolecular Hbond substituents is 6. The Morgan fingerprint density at radius 1 is 0.438 bits per heavy atom. The van der Waals surface area contributed by atoms with Crippen LogP contribution in [0.3, 0.4) is 0 Å². The summed E-state index contributed by atoms with van der Waals surface area (Å²) in [6.45, 7) is 4.46. The van der Waals surface area contributed by atoms with E-state index in [4.69, 9.17) is 9.47 Å². The number of phenols is 6. The van der Waals surface area contributed by atoms with Gasteiger partial charge in [-0.1, -0.05) is 129 Å². The number of rotatable bonds is 25. The Kier molecular flexibility index (Phi) is 19.1. The zero-order valence-electron chi connectivity index (χ0n) is 29.0. The first-order chi connectivity index (χ1) is 23.1. The fourth-order valence-electron chi connectivity index (χ4n) is 5.78. The second-order valence-electron chi connectivity index (χ2n) is 12.7. The largest absolute Gasteiger partial charge is 0.504 e. The van der Waals surface area contributed by atoms with Crippen LogP contribution in [0.5, 0.6) is 34.5 Å². The van der Waals surface area contributed by atoms with Crippen LogP contribution in [0.25, 0.3) is 11.1 Å². The van der Waals surface area contributed by atoms with Gasteiger partial charge in [0.1, 0.15) is 0 Å². The zero-order chi connectivity index (χ0) is 35.3. The summed E-state index contributed by atoms with van der Waals surface area (Å²) >= 11 is 0. The Morgan fingerprint density at radius 3 is 1.00 bits per heavy atom. The number of ether oxygens (including phenoxy) is 2. The van der Waals surface area contributed by atoms with Crippen LogP contribution < -0.4 is 0 Å². The van der Waals surface area contributed by atoms with E-state index in [2.05, 4.69) is 13.8 Å². The third-order valence-corrected chi connectivity index (χ3v) is 8.66. The minimum Gasteiger partial charge on any atom is -0.504 e. The second kappa shape index (κ2) is 22.7. The molecule has 10 nitrogen and oxygen atoms in total. The van der Waals surface area contributed by atoms with Gasteiger partial charge in [0.2, 0.25) is 11.5 Å². The number of hydrogen-bond donors (Lipinski definition) is 6. The number of esters is 2. The van der Waals surface area contributed by atoms with Gasteiger partial charge in [-0.3, -0.25) is 0 Å². The lowest BCUT2D eigenvalue weighted by Crippen LogP contribution is -2.12. The van der Waals surface area contributed by atoms with Crippen molar-refractivity contribution in [2.75, 3.05) is 13.2 Å². The maximum atomic E-state index is 13.2. The third kappa shape index (κ3) is 13.0. The molecule has 0 aromatic heterocycles. The molecule has 2 aromatic rings. The van der Waals surface area contributed by atoms with Gasteiger partial charge in [0.25, 0.3) is 0 Å². The lowest BCUT2D eigenvalue weighted by molar-refractivity contribution is 0.0485. The lowest BCUT2D eigenvalue weighted by atomic mass is 9.92. The van der Waals surface area contributed by atoms with Crippen molar-refractivity contribution in [1.82, 2.24) is 0 Å². The van der Waals surface area contributed by atoms with Crippen LogP contribution in [0.2, 0.25) is 0 Å². The number of hydrogen-bond acceptors (Lipinski definition) is 10. The van der Waals surface area contributed by atoms with Crippen molar-refractivity contribution in [3.05, 3.63) is 23.3 Å². The predicted octanol–water partition coefficient (Wildman–Crippen LogP) is 9.74. The highest BCUT2D eigenvalue weighted by atomic mass is 16.5. The van der Waals surface area contributed by atoms with Gasteiger partial charge in [-0.25, -0.2) is 9.59 Å². The van der Waals surface area contributed by atoms with Crippen LogP contribution in [0.1, 0.15) is 163 Å². The highest BCUT2D eigenvalue weighted by Crippen LogP contribution is 2.52. The molecule has 0 unspecified atom stereocenters. The van der Waals surface area contributed by atoms with E-state index in [1.807, 2.05) is 0 Å². The molecule has 6 N–H and O–H groups in total. The van der Waals surface area contributed by atoms with Crippen molar-refractivity contribution in [3.63, 3.8) is 0 Å². The fourth-order valence-corrected chi connectivity index (χ4v) is 5.78. The first kappa shape index (κ1) is 40.4. The molecule has 0 bridgehead atoms. The molecule has 0 aliphatic heterocycles. The maximum Gasteiger partial charge on any atom is 0.339 e. The minimum absolute atomic E-state index is 0.0394. The smallest absolute Gasteiger partial charge is 0.339 e. The highest BCUT2D eigenvalue weighted by molar-refractivity contribution is 6.08. The zero-order valence-corrected chi connectivity index (χ0v) is 29.0. The van der Waals surface area contributed by atoms with Crippen LogP contribution in [-0.2, 0) is 9.47 Å². The summed E-state index contributed by atoms with van der Waals surface area (Å²) in [5.74, 6) is -7.79. The molecule has 0 saturated carbocycles. The summed E-state index contributed by atoms with van der Waals surface area (Å²) in [4.78, 5) is 26.4. The summed E-state index contributed by atoms with van der Waals surface area (Å²) < 4.78 is 10.8. The predicted molar refractivity (Wildman–Crippen MR) is 186 cm³/mol. The topological polar surface area (TPSA) is 174 Å². The third-order valence-electron chi connectivity index (χ3n) is 8.66. The van der Waals surface area contributed by atoms with Crippen LogP contribution in [0, 0.1) is 0 Å². The van der Waals surface area contributed by atoms with Crippen LogP contribution in [0.15, 0.2) is 12.1 Å². The molecule has 0 amide bonds. The van der Waals surface area contributed by atoms with E-state index in [1.165, 1.54) is 64.2 Å². The number of carbonyl (C=O) groups is 2. The molecule has 2 aromatic carbocycles. The Hall–Kier alpha value is -3.82. The van der Waals surface area contributed by atoms with E-state index in [0.29, 0.717) is 12.8 Å². The summed E-state index contributed by atoms with van der Waals surface area (Å²) in [6, 6.07) is 1.68. The van der Waals surface area contributed by atoms with Gasteiger partial charge >= 0.3 is 11.9 Å². The molecule has 0 atom stereocenters.